The van der Waals surface area contributed by atoms with Crippen LogP contribution in [0.5, 0.6) is 23.0 Å². The van der Waals surface area contributed by atoms with Crippen molar-refractivity contribution >= 4 is 40.8 Å². The van der Waals surface area contributed by atoms with Crippen molar-refractivity contribution in [3.63, 3.8) is 0 Å². The standard InChI is InChI=1S/C27H33IN4O8/c1-6-38-20-11-16(24-23(26(34)37-5)15(3)30-27(35)31-24)8-9-19(20)40-14-22(33)32-29-13-17-10-18(28)12-21(36-4)25(17)39-7-2/h8-13,22,24,32-33H,6-7,14H2,1-5H3,(H2,30,31,35)/b29-13+/t22-,24-/m0/s1. The SMILES string of the molecule is CCOc1cc([C@@H]2NC(=O)NC(C)=C2C(=O)OC)ccc1OC[C@H](O)N/N=C/c1cc(I)cc(OC)c1OCC. The molecule has 2 aromatic carbocycles. The van der Waals surface area contributed by atoms with Crippen LogP contribution in [0.2, 0.25) is 0 Å². The number of esters is 1. The first kappa shape index (κ1) is 30.8. The van der Waals surface area contributed by atoms with Gasteiger partial charge in [-0.15, -0.1) is 0 Å². The Labute approximate surface area is 246 Å². The third-order valence-electron chi connectivity index (χ3n) is 5.66. The molecule has 2 atom stereocenters. The van der Waals surface area contributed by atoms with Gasteiger partial charge < -0.3 is 39.4 Å². The first-order chi connectivity index (χ1) is 19.2. The molecule has 0 aliphatic carbocycles. The Morgan fingerprint density at radius 2 is 1.88 bits per heavy atom. The number of nitrogens with zero attached hydrogens (tertiary/aromatic N) is 1. The molecule has 0 aromatic heterocycles. The molecule has 0 fully saturated rings. The smallest absolute Gasteiger partial charge is 0.337 e. The summed E-state index contributed by atoms with van der Waals surface area (Å²) in [5.74, 6) is 1.29. The molecule has 0 radical (unpaired) electrons. The van der Waals surface area contributed by atoms with Gasteiger partial charge in [-0.1, -0.05) is 6.07 Å². The predicted octanol–water partition coefficient (Wildman–Crippen LogP) is 3.22. The molecule has 13 heteroatoms. The average molecular weight is 668 g/mol. The highest BCUT2D eigenvalue weighted by atomic mass is 127. The summed E-state index contributed by atoms with van der Waals surface area (Å²) >= 11 is 2.17. The molecule has 0 unspecified atom stereocenters. The Kier molecular flexibility index (Phi) is 11.3. The summed E-state index contributed by atoms with van der Waals surface area (Å²) in [5.41, 5.74) is 4.56. The fourth-order valence-corrected chi connectivity index (χ4v) is 4.57. The number of aliphatic hydroxyl groups excluding tert-OH is 1. The third kappa shape index (κ3) is 7.69. The van der Waals surface area contributed by atoms with Crippen LogP contribution in [0.1, 0.15) is 37.9 Å². The number of benzene rings is 2. The van der Waals surface area contributed by atoms with E-state index in [9.17, 15) is 14.7 Å². The van der Waals surface area contributed by atoms with Gasteiger partial charge in [0.2, 0.25) is 0 Å². The van der Waals surface area contributed by atoms with Crippen LogP contribution in [-0.2, 0) is 9.53 Å². The number of hydrazone groups is 1. The van der Waals surface area contributed by atoms with E-state index in [1.807, 2.05) is 26.0 Å². The zero-order chi connectivity index (χ0) is 29.2. The largest absolute Gasteiger partial charge is 0.493 e. The summed E-state index contributed by atoms with van der Waals surface area (Å²) < 4.78 is 28.5. The Balaban J connectivity index is 1.73. The molecule has 40 heavy (non-hydrogen) atoms. The lowest BCUT2D eigenvalue weighted by atomic mass is 9.95. The summed E-state index contributed by atoms with van der Waals surface area (Å²) in [5, 5.41) is 19.9. The van der Waals surface area contributed by atoms with Crippen LogP contribution >= 0.6 is 22.6 Å². The number of methoxy groups -OCH3 is 2. The highest BCUT2D eigenvalue weighted by molar-refractivity contribution is 14.1. The lowest BCUT2D eigenvalue weighted by Gasteiger charge is -2.28. The molecule has 0 saturated heterocycles. The number of hydrogen-bond acceptors (Lipinski definition) is 10. The molecule has 1 aliphatic rings. The van der Waals surface area contributed by atoms with Gasteiger partial charge in [0.25, 0.3) is 0 Å². The normalized spacial score (nSPS) is 15.7. The number of hydrogen-bond donors (Lipinski definition) is 4. The van der Waals surface area contributed by atoms with Gasteiger partial charge in [0.15, 0.2) is 29.2 Å². The van der Waals surface area contributed by atoms with E-state index in [-0.39, 0.29) is 12.2 Å². The molecular formula is C27H33IN4O8. The van der Waals surface area contributed by atoms with E-state index in [0.29, 0.717) is 53.0 Å². The van der Waals surface area contributed by atoms with Gasteiger partial charge in [-0.25, -0.2) is 9.59 Å². The summed E-state index contributed by atoms with van der Waals surface area (Å²) in [6.07, 6.45) is 0.381. The number of nitrogens with one attached hydrogen (secondary N) is 3. The Morgan fingerprint density at radius 1 is 1.12 bits per heavy atom. The molecular weight excluding hydrogens is 635 g/mol. The third-order valence-corrected chi connectivity index (χ3v) is 6.28. The van der Waals surface area contributed by atoms with E-state index < -0.39 is 24.3 Å². The van der Waals surface area contributed by atoms with Gasteiger partial charge in [-0.3, -0.25) is 5.43 Å². The van der Waals surface area contributed by atoms with Crippen LogP contribution in [0.15, 0.2) is 46.7 Å². The van der Waals surface area contributed by atoms with Crippen molar-refractivity contribution in [1.29, 1.82) is 0 Å². The maximum Gasteiger partial charge on any atom is 0.337 e. The Bertz CT molecular complexity index is 1280. The molecule has 0 spiro atoms. The Morgan fingerprint density at radius 3 is 2.55 bits per heavy atom. The zero-order valence-corrected chi connectivity index (χ0v) is 25.0. The van der Waals surface area contributed by atoms with Gasteiger partial charge >= 0.3 is 12.0 Å². The molecule has 1 aliphatic heterocycles. The second kappa shape index (κ2) is 14.6. The van der Waals surface area contributed by atoms with E-state index >= 15 is 0 Å². The summed E-state index contributed by atoms with van der Waals surface area (Å²) in [4.78, 5) is 24.5. The van der Waals surface area contributed by atoms with Crippen molar-refractivity contribution in [2.45, 2.75) is 33.0 Å². The second-order valence-corrected chi connectivity index (χ2v) is 9.62. The van der Waals surface area contributed by atoms with Crippen LogP contribution in [0.3, 0.4) is 0 Å². The summed E-state index contributed by atoms with van der Waals surface area (Å²) in [7, 11) is 2.84. The lowest BCUT2D eigenvalue weighted by molar-refractivity contribution is -0.136. The van der Waals surface area contributed by atoms with E-state index in [2.05, 4.69) is 43.8 Å². The number of halogens is 1. The zero-order valence-electron chi connectivity index (χ0n) is 22.9. The molecule has 3 rings (SSSR count). The maximum atomic E-state index is 12.4. The quantitative estimate of drug-likeness (QED) is 0.0831. The number of allylic oxidation sites excluding steroid dienone is 1. The van der Waals surface area contributed by atoms with Gasteiger partial charge in [-0.05, 0) is 73.2 Å². The average Bonchev–Trinajstić information content (AvgIpc) is 2.92. The van der Waals surface area contributed by atoms with Crippen molar-refractivity contribution < 1.29 is 38.4 Å². The first-order valence-electron chi connectivity index (χ1n) is 12.4. The van der Waals surface area contributed by atoms with E-state index in [0.717, 1.165) is 3.57 Å². The second-order valence-electron chi connectivity index (χ2n) is 8.37. The van der Waals surface area contributed by atoms with Crippen molar-refractivity contribution in [1.82, 2.24) is 16.1 Å². The number of amides is 2. The molecule has 2 amide bonds. The van der Waals surface area contributed by atoms with Gasteiger partial charge in [-0.2, -0.15) is 5.10 Å². The van der Waals surface area contributed by atoms with Crippen LogP contribution in [-0.4, -0.2) is 63.6 Å². The summed E-state index contributed by atoms with van der Waals surface area (Å²) in [6.45, 7) is 5.95. The number of urea groups is 1. The number of ether oxygens (including phenoxy) is 5. The van der Waals surface area contributed by atoms with Crippen molar-refractivity contribution in [3.8, 4) is 23.0 Å². The minimum atomic E-state index is -1.15. The predicted molar refractivity (Wildman–Crippen MR) is 156 cm³/mol. The fourth-order valence-electron chi connectivity index (χ4n) is 3.95. The molecule has 216 valence electrons. The minimum absolute atomic E-state index is 0.152. The molecule has 0 bridgehead atoms. The number of rotatable bonds is 13. The highest BCUT2D eigenvalue weighted by Gasteiger charge is 2.32. The van der Waals surface area contributed by atoms with E-state index in [1.165, 1.54) is 13.3 Å². The molecule has 1 heterocycles. The lowest BCUT2D eigenvalue weighted by Crippen LogP contribution is -2.45. The number of carbonyl (C=O) groups is 2. The molecule has 12 nitrogen and oxygen atoms in total. The highest BCUT2D eigenvalue weighted by Crippen LogP contribution is 2.35. The van der Waals surface area contributed by atoms with Crippen LogP contribution in [0.25, 0.3) is 0 Å². The van der Waals surface area contributed by atoms with E-state index in [4.69, 9.17) is 23.7 Å². The van der Waals surface area contributed by atoms with Gasteiger partial charge in [0, 0.05) is 14.8 Å². The van der Waals surface area contributed by atoms with Crippen molar-refractivity contribution in [2.75, 3.05) is 34.0 Å². The van der Waals surface area contributed by atoms with E-state index in [1.54, 1.807) is 32.2 Å². The molecule has 4 N–H and O–H groups in total. The molecule has 2 aromatic rings. The fraction of sp³-hybridized carbons (Fsp3) is 0.370. The van der Waals surface area contributed by atoms with Crippen LogP contribution in [0.4, 0.5) is 4.79 Å². The number of carbonyl (C=O) groups excluding carboxylic acids is 2. The number of aliphatic hydroxyl groups is 1. The monoisotopic (exact) mass is 668 g/mol. The minimum Gasteiger partial charge on any atom is -0.493 e. The Hall–Kier alpha value is -3.72. The summed E-state index contributed by atoms with van der Waals surface area (Å²) in [6, 6.07) is 7.54. The topological polar surface area (TPSA) is 149 Å². The van der Waals surface area contributed by atoms with Crippen LogP contribution < -0.4 is 35.0 Å². The van der Waals surface area contributed by atoms with Gasteiger partial charge in [0.05, 0.1) is 45.3 Å². The molecule has 0 saturated carbocycles. The van der Waals surface area contributed by atoms with Crippen molar-refractivity contribution in [2.24, 2.45) is 5.10 Å². The van der Waals surface area contributed by atoms with Crippen LogP contribution in [0, 0.1) is 3.57 Å². The van der Waals surface area contributed by atoms with Crippen molar-refractivity contribution in [3.05, 3.63) is 56.3 Å². The maximum absolute atomic E-state index is 12.4. The van der Waals surface area contributed by atoms with Gasteiger partial charge in [0.1, 0.15) is 6.61 Å². The first-order valence-corrected chi connectivity index (χ1v) is 13.5.